The molecule has 7 nitrogen and oxygen atoms in total. The molecule has 0 amide bonds. The van der Waals surface area contributed by atoms with Crippen molar-refractivity contribution < 1.29 is 27.3 Å². The van der Waals surface area contributed by atoms with Gasteiger partial charge < -0.3 is 9.84 Å². The lowest BCUT2D eigenvalue weighted by Crippen LogP contribution is -2.41. The van der Waals surface area contributed by atoms with Gasteiger partial charge in [0.1, 0.15) is 17.5 Å². The van der Waals surface area contributed by atoms with Crippen LogP contribution in [0.4, 0.5) is 0 Å². The number of hydrogen-bond acceptors (Lipinski definition) is 6. The highest BCUT2D eigenvalue weighted by Gasteiger charge is 2.27. The summed E-state index contributed by atoms with van der Waals surface area (Å²) >= 11 is 1.38. The van der Waals surface area contributed by atoms with Crippen molar-refractivity contribution >= 4 is 38.6 Å². The monoisotopic (exact) mass is 427 g/mol. The van der Waals surface area contributed by atoms with Crippen LogP contribution in [0.2, 0.25) is 0 Å². The van der Waals surface area contributed by atoms with E-state index in [9.17, 15) is 22.5 Å². The normalized spacial score (nSPS) is 15.1. The van der Waals surface area contributed by atoms with Crippen molar-refractivity contribution in [2.75, 3.05) is 12.0 Å². The summed E-state index contributed by atoms with van der Waals surface area (Å²) in [6.45, 7) is 0. The molecule has 0 aromatic heterocycles. The van der Waals surface area contributed by atoms with Gasteiger partial charge in [-0.05, 0) is 36.8 Å². The molecule has 0 aliphatic carbocycles. The number of para-hydroxylation sites is 1. The maximum absolute atomic E-state index is 12.6. The molecule has 2 atom stereocenters. The van der Waals surface area contributed by atoms with Crippen LogP contribution in [-0.4, -0.2) is 41.8 Å². The fourth-order valence-electron chi connectivity index (χ4n) is 2.45. The molecule has 0 fully saturated rings. The first kappa shape index (κ1) is 19.9. The first-order valence-corrected chi connectivity index (χ1v) is 11.9. The summed E-state index contributed by atoms with van der Waals surface area (Å²) < 4.78 is 44.4. The zero-order valence-electron chi connectivity index (χ0n) is 14.2. The van der Waals surface area contributed by atoms with Crippen molar-refractivity contribution in [2.45, 2.75) is 27.1 Å². The molecular formula is C17H17NO6S3. The summed E-state index contributed by atoms with van der Waals surface area (Å²) in [5.41, 5.74) is 0. The van der Waals surface area contributed by atoms with Crippen molar-refractivity contribution in [3.8, 4) is 11.5 Å². The number of carbonyl (C=O) groups is 1. The molecule has 0 saturated carbocycles. The lowest BCUT2D eigenvalue weighted by atomic mass is 10.2. The second-order valence-electron chi connectivity index (χ2n) is 5.84. The average Bonchev–Trinajstić information content (AvgIpc) is 2.62. The number of fused-ring (bicyclic) bond motifs is 2. The van der Waals surface area contributed by atoms with Gasteiger partial charge in [-0.1, -0.05) is 23.9 Å². The molecule has 2 aromatic rings. The Balaban J connectivity index is 1.83. The van der Waals surface area contributed by atoms with Gasteiger partial charge in [0.2, 0.25) is 10.0 Å². The minimum Gasteiger partial charge on any atom is -0.480 e. The van der Waals surface area contributed by atoms with Gasteiger partial charge in [-0.2, -0.15) is 4.72 Å². The van der Waals surface area contributed by atoms with Gasteiger partial charge in [0, 0.05) is 22.8 Å². The molecule has 0 spiro atoms. The van der Waals surface area contributed by atoms with Gasteiger partial charge in [0.25, 0.3) is 0 Å². The highest BCUT2D eigenvalue weighted by molar-refractivity contribution is 7.99. The third-order valence-electron chi connectivity index (χ3n) is 3.80. The lowest BCUT2D eigenvalue weighted by Gasteiger charge is -2.20. The van der Waals surface area contributed by atoms with E-state index in [1.807, 2.05) is 24.3 Å². The van der Waals surface area contributed by atoms with Gasteiger partial charge in [-0.25, -0.2) is 8.42 Å². The largest absolute Gasteiger partial charge is 0.480 e. The van der Waals surface area contributed by atoms with Crippen LogP contribution in [-0.2, 0) is 25.6 Å². The molecular weight excluding hydrogens is 410 g/mol. The SMILES string of the molecule is C[S@](=O)CCC(NS(=O)(=O)c1ccc2c(c1)Sc1ccccc1O2)C(=O)O. The molecule has 10 heteroatoms. The number of ether oxygens (including phenoxy) is 1. The van der Waals surface area contributed by atoms with Crippen molar-refractivity contribution in [3.63, 3.8) is 0 Å². The summed E-state index contributed by atoms with van der Waals surface area (Å²) in [6, 6.07) is 10.4. The molecule has 3 rings (SSSR count). The van der Waals surface area contributed by atoms with Crippen LogP contribution < -0.4 is 9.46 Å². The fraction of sp³-hybridized carbons (Fsp3) is 0.235. The molecule has 1 heterocycles. The van der Waals surface area contributed by atoms with Crippen LogP contribution in [0.5, 0.6) is 11.5 Å². The number of hydrogen-bond donors (Lipinski definition) is 2. The molecule has 2 aromatic carbocycles. The number of aliphatic carboxylic acids is 1. The molecule has 0 radical (unpaired) electrons. The molecule has 144 valence electrons. The Kier molecular flexibility index (Phi) is 5.89. The predicted molar refractivity (Wildman–Crippen MR) is 102 cm³/mol. The predicted octanol–water partition coefficient (Wildman–Crippen LogP) is 2.44. The fourth-order valence-corrected chi connectivity index (χ4v) is 5.33. The first-order valence-electron chi connectivity index (χ1n) is 7.90. The van der Waals surface area contributed by atoms with E-state index in [0.29, 0.717) is 16.4 Å². The molecule has 0 bridgehead atoms. The van der Waals surface area contributed by atoms with Gasteiger partial charge in [0.15, 0.2) is 0 Å². The topological polar surface area (TPSA) is 110 Å². The van der Waals surface area contributed by atoms with Gasteiger partial charge in [0.05, 0.1) is 14.7 Å². The van der Waals surface area contributed by atoms with Gasteiger partial charge >= 0.3 is 5.97 Å². The lowest BCUT2D eigenvalue weighted by molar-refractivity contribution is -0.139. The van der Waals surface area contributed by atoms with Crippen LogP contribution in [0.3, 0.4) is 0 Å². The number of nitrogens with one attached hydrogen (secondary N) is 1. The minimum atomic E-state index is -4.06. The molecule has 1 unspecified atom stereocenters. The Hall–Kier alpha value is -1.88. The first-order chi connectivity index (χ1) is 12.8. The van der Waals surface area contributed by atoms with Crippen LogP contribution in [0.1, 0.15) is 6.42 Å². The summed E-state index contributed by atoms with van der Waals surface area (Å²) in [5.74, 6) is 0.00845. The third kappa shape index (κ3) is 4.70. The second-order valence-corrected chi connectivity index (χ2v) is 10.2. The molecule has 0 saturated heterocycles. The van der Waals surface area contributed by atoms with Crippen molar-refractivity contribution in [3.05, 3.63) is 42.5 Å². The Bertz CT molecular complexity index is 1010. The quantitative estimate of drug-likeness (QED) is 0.596. The van der Waals surface area contributed by atoms with Crippen molar-refractivity contribution in [1.29, 1.82) is 0 Å². The summed E-state index contributed by atoms with van der Waals surface area (Å²) in [5, 5.41) is 9.25. The zero-order valence-corrected chi connectivity index (χ0v) is 16.7. The van der Waals surface area contributed by atoms with Crippen molar-refractivity contribution in [2.24, 2.45) is 0 Å². The van der Waals surface area contributed by atoms with E-state index in [2.05, 4.69) is 4.72 Å². The molecule has 1 aliphatic heterocycles. The van der Waals surface area contributed by atoms with E-state index in [1.54, 1.807) is 6.07 Å². The molecule has 1 aliphatic rings. The van der Waals surface area contributed by atoms with Crippen LogP contribution in [0, 0.1) is 0 Å². The van der Waals surface area contributed by atoms with E-state index < -0.39 is 32.8 Å². The highest BCUT2D eigenvalue weighted by Crippen LogP contribution is 2.47. The molecule has 27 heavy (non-hydrogen) atoms. The van der Waals surface area contributed by atoms with E-state index in [4.69, 9.17) is 4.74 Å². The van der Waals surface area contributed by atoms with Crippen LogP contribution in [0.15, 0.2) is 57.2 Å². The Morgan fingerprint density at radius 3 is 2.63 bits per heavy atom. The summed E-state index contributed by atoms with van der Waals surface area (Å²) in [4.78, 5) is 12.8. The third-order valence-corrected chi connectivity index (χ3v) is 7.18. The van der Waals surface area contributed by atoms with E-state index >= 15 is 0 Å². The minimum absolute atomic E-state index is 0.0550. The Morgan fingerprint density at radius 1 is 1.22 bits per heavy atom. The zero-order chi connectivity index (χ0) is 19.6. The van der Waals surface area contributed by atoms with E-state index in [0.717, 1.165) is 4.90 Å². The average molecular weight is 428 g/mol. The Labute approximate surface area is 163 Å². The maximum Gasteiger partial charge on any atom is 0.321 e. The number of carboxylic acids is 1. The smallest absolute Gasteiger partial charge is 0.321 e. The van der Waals surface area contributed by atoms with Crippen LogP contribution >= 0.6 is 11.8 Å². The van der Waals surface area contributed by atoms with Gasteiger partial charge in [-0.15, -0.1) is 0 Å². The second kappa shape index (κ2) is 8.01. The Morgan fingerprint density at radius 2 is 1.93 bits per heavy atom. The number of benzene rings is 2. The van der Waals surface area contributed by atoms with Gasteiger partial charge in [-0.3, -0.25) is 9.00 Å². The number of sulfonamides is 1. The molecule has 2 N–H and O–H groups in total. The number of rotatable bonds is 7. The van der Waals surface area contributed by atoms with Crippen LogP contribution in [0.25, 0.3) is 0 Å². The highest BCUT2D eigenvalue weighted by atomic mass is 32.2. The summed E-state index contributed by atoms with van der Waals surface area (Å²) in [7, 11) is -5.28. The number of carboxylic acid groups (broad SMARTS) is 1. The van der Waals surface area contributed by atoms with E-state index in [1.165, 1.54) is 30.2 Å². The maximum atomic E-state index is 12.6. The standard InChI is InChI=1S/C17H17NO6S3/c1-26(21)9-8-12(17(19)20)18-27(22,23)11-6-7-14-16(10-11)25-15-5-3-2-4-13(15)24-14/h2-7,10,12,18H,8-9H2,1H3,(H,19,20)/t12?,26-/m0/s1. The van der Waals surface area contributed by atoms with Crippen molar-refractivity contribution in [1.82, 2.24) is 4.72 Å². The summed E-state index contributed by atoms with van der Waals surface area (Å²) in [6.07, 6.45) is 1.37. The van der Waals surface area contributed by atoms with E-state index in [-0.39, 0.29) is 17.1 Å².